The largest absolute Gasteiger partial charge is 0.367 e. The third kappa shape index (κ3) is 4.22. The van der Waals surface area contributed by atoms with Crippen molar-refractivity contribution in [1.29, 1.82) is 0 Å². The Morgan fingerprint density at radius 1 is 1.32 bits per heavy atom. The maximum atomic E-state index is 14.0. The second-order valence-corrected chi connectivity index (χ2v) is 7.49. The van der Waals surface area contributed by atoms with Crippen molar-refractivity contribution in [3.63, 3.8) is 0 Å². The average molecular weight is 382 g/mol. The minimum Gasteiger partial charge on any atom is -0.367 e. The summed E-state index contributed by atoms with van der Waals surface area (Å²) in [5.41, 5.74) is 2.66. The maximum Gasteiger partial charge on any atom is 0.258 e. The van der Waals surface area contributed by atoms with E-state index in [4.69, 9.17) is 0 Å². The predicted molar refractivity (Wildman–Crippen MR) is 113 cm³/mol. The summed E-state index contributed by atoms with van der Waals surface area (Å²) in [5.74, 6) is -0.424. The van der Waals surface area contributed by atoms with Gasteiger partial charge in [-0.2, -0.15) is 0 Å². The zero-order valence-corrected chi connectivity index (χ0v) is 16.9. The molecule has 5 nitrogen and oxygen atoms in total. The Bertz CT molecular complexity index is 1010. The van der Waals surface area contributed by atoms with Gasteiger partial charge in [-0.25, -0.2) is 9.37 Å². The van der Waals surface area contributed by atoms with Crippen LogP contribution in [0.3, 0.4) is 0 Å². The fourth-order valence-corrected chi connectivity index (χ4v) is 3.53. The first-order valence-corrected chi connectivity index (χ1v) is 9.52. The van der Waals surface area contributed by atoms with E-state index in [9.17, 15) is 9.18 Å². The Morgan fingerprint density at radius 2 is 2.00 bits per heavy atom. The second kappa shape index (κ2) is 8.10. The van der Waals surface area contributed by atoms with E-state index >= 15 is 0 Å². The number of pyridine rings is 1. The fraction of sp³-hybridized carbons (Fsp3) is 0.364. The number of hydrogen-bond acceptors (Lipinski definition) is 4. The van der Waals surface area contributed by atoms with Crippen molar-refractivity contribution in [2.24, 2.45) is 0 Å². The van der Waals surface area contributed by atoms with Crippen LogP contribution in [-0.4, -0.2) is 34.6 Å². The van der Waals surface area contributed by atoms with Crippen LogP contribution in [0.4, 0.5) is 10.1 Å². The molecule has 0 aromatic carbocycles. The summed E-state index contributed by atoms with van der Waals surface area (Å²) in [4.78, 5) is 19.6. The third-order valence-corrected chi connectivity index (χ3v) is 4.86. The van der Waals surface area contributed by atoms with E-state index in [0.717, 1.165) is 18.8 Å². The van der Waals surface area contributed by atoms with Crippen molar-refractivity contribution < 1.29 is 4.39 Å². The average Bonchev–Trinajstić information content (AvgIpc) is 2.64. The Morgan fingerprint density at radius 3 is 2.61 bits per heavy atom. The lowest BCUT2D eigenvalue weighted by Crippen LogP contribution is -2.54. The lowest BCUT2D eigenvalue weighted by atomic mass is 10.1. The van der Waals surface area contributed by atoms with Gasteiger partial charge in [0.05, 0.1) is 11.4 Å². The van der Waals surface area contributed by atoms with Gasteiger partial charge in [-0.1, -0.05) is 12.7 Å². The molecule has 148 valence electrons. The van der Waals surface area contributed by atoms with E-state index < -0.39 is 5.83 Å². The summed E-state index contributed by atoms with van der Waals surface area (Å²) in [5, 5.41) is 3.51. The van der Waals surface area contributed by atoms with E-state index in [2.05, 4.69) is 35.6 Å². The molecule has 28 heavy (non-hydrogen) atoms. The molecule has 1 N–H and O–H groups in total. The highest BCUT2D eigenvalue weighted by Gasteiger charge is 2.21. The van der Waals surface area contributed by atoms with E-state index in [-0.39, 0.29) is 5.56 Å². The van der Waals surface area contributed by atoms with Crippen molar-refractivity contribution >= 4 is 16.9 Å². The highest BCUT2D eigenvalue weighted by atomic mass is 19.1. The molecule has 3 rings (SSSR count). The quantitative estimate of drug-likeness (QED) is 0.819. The Hall–Kier alpha value is -2.73. The van der Waals surface area contributed by atoms with Crippen molar-refractivity contribution in [1.82, 2.24) is 14.7 Å². The van der Waals surface area contributed by atoms with Crippen molar-refractivity contribution in [3.8, 4) is 0 Å². The Balaban J connectivity index is 2.00. The first-order valence-electron chi connectivity index (χ1n) is 9.52. The van der Waals surface area contributed by atoms with Crippen molar-refractivity contribution in [2.45, 2.75) is 39.8 Å². The van der Waals surface area contributed by atoms with Crippen molar-refractivity contribution in [2.75, 3.05) is 18.0 Å². The summed E-state index contributed by atoms with van der Waals surface area (Å²) in [6, 6.07) is 6.02. The number of halogens is 1. The summed E-state index contributed by atoms with van der Waals surface area (Å²) < 4.78 is 15.5. The number of fused-ring (bicyclic) bond motifs is 1. The van der Waals surface area contributed by atoms with E-state index in [0.29, 0.717) is 34.6 Å². The summed E-state index contributed by atoms with van der Waals surface area (Å²) in [6.45, 7) is 13.1. The number of hydrogen-bond donors (Lipinski definition) is 1. The number of nitrogens with zero attached hydrogens (tertiary/aromatic N) is 3. The molecule has 2 aromatic rings. The van der Waals surface area contributed by atoms with Crippen LogP contribution in [0.5, 0.6) is 0 Å². The normalized spacial score (nSPS) is 21.2. The number of allylic oxidation sites excluding steroid dienone is 5. The zero-order chi connectivity index (χ0) is 20.4. The highest BCUT2D eigenvalue weighted by molar-refractivity contribution is 5.73. The molecule has 0 spiro atoms. The van der Waals surface area contributed by atoms with Gasteiger partial charge in [-0.15, -0.1) is 0 Å². The number of piperazine rings is 1. The number of rotatable bonds is 4. The smallest absolute Gasteiger partial charge is 0.258 e. The van der Waals surface area contributed by atoms with Crippen LogP contribution in [0.25, 0.3) is 11.2 Å². The van der Waals surface area contributed by atoms with Gasteiger partial charge in [0.2, 0.25) is 0 Å². The Kier molecular flexibility index (Phi) is 5.79. The van der Waals surface area contributed by atoms with Gasteiger partial charge in [-0.05, 0) is 57.0 Å². The van der Waals surface area contributed by atoms with Crippen LogP contribution in [0.2, 0.25) is 0 Å². The van der Waals surface area contributed by atoms with Crippen LogP contribution in [0.1, 0.15) is 33.4 Å². The molecular weight excluding hydrogens is 355 g/mol. The summed E-state index contributed by atoms with van der Waals surface area (Å²) >= 11 is 0. The molecule has 1 fully saturated rings. The molecule has 0 aliphatic carbocycles. The third-order valence-electron chi connectivity index (χ3n) is 4.86. The molecular formula is C22H27FN4O. The van der Waals surface area contributed by atoms with Gasteiger partial charge >= 0.3 is 0 Å². The molecule has 3 heterocycles. The van der Waals surface area contributed by atoms with Crippen LogP contribution >= 0.6 is 0 Å². The highest BCUT2D eigenvalue weighted by Crippen LogP contribution is 2.21. The molecule has 1 saturated heterocycles. The summed E-state index contributed by atoms with van der Waals surface area (Å²) in [7, 11) is 0. The monoisotopic (exact) mass is 382 g/mol. The zero-order valence-electron chi connectivity index (χ0n) is 16.9. The minimum atomic E-state index is -0.424. The number of anilines is 1. The van der Waals surface area contributed by atoms with Gasteiger partial charge in [0, 0.05) is 37.4 Å². The van der Waals surface area contributed by atoms with Gasteiger partial charge < -0.3 is 10.2 Å². The van der Waals surface area contributed by atoms with Gasteiger partial charge in [-0.3, -0.25) is 9.20 Å². The molecule has 1 aliphatic rings. The van der Waals surface area contributed by atoms with E-state index in [1.54, 1.807) is 24.3 Å². The van der Waals surface area contributed by atoms with Gasteiger partial charge in [0.1, 0.15) is 11.5 Å². The maximum absolute atomic E-state index is 14.0. The molecule has 2 aromatic heterocycles. The lowest BCUT2D eigenvalue weighted by molar-refractivity contribution is 0.407. The Labute approximate surface area is 164 Å². The first kappa shape index (κ1) is 20.0. The molecule has 0 amide bonds. The van der Waals surface area contributed by atoms with Gasteiger partial charge in [0.15, 0.2) is 0 Å². The van der Waals surface area contributed by atoms with E-state index in [1.165, 1.54) is 12.1 Å². The minimum absolute atomic E-state index is 0.193. The van der Waals surface area contributed by atoms with E-state index in [1.807, 2.05) is 18.3 Å². The van der Waals surface area contributed by atoms with Crippen LogP contribution in [0, 0.1) is 0 Å². The van der Waals surface area contributed by atoms with Crippen LogP contribution in [0.15, 0.2) is 59.3 Å². The molecule has 1 aliphatic heterocycles. The molecule has 0 saturated carbocycles. The molecule has 0 radical (unpaired) electrons. The number of aromatic nitrogens is 2. The molecule has 6 heteroatoms. The predicted octanol–water partition coefficient (Wildman–Crippen LogP) is 3.71. The number of nitrogens with one attached hydrogen (secondary N) is 1. The topological polar surface area (TPSA) is 49.6 Å². The van der Waals surface area contributed by atoms with Crippen LogP contribution in [-0.2, 0) is 0 Å². The summed E-state index contributed by atoms with van der Waals surface area (Å²) in [6.07, 6.45) is 4.93. The SMILES string of the molecule is C=C(C)/C(F)=C\C(=C/C)c1cc(=O)n2cc(N3CC(C)N[C@@H](C)C3)ccc2n1. The molecule has 1 unspecified atom stereocenters. The first-order chi connectivity index (χ1) is 13.3. The van der Waals surface area contributed by atoms with Crippen LogP contribution < -0.4 is 15.8 Å². The van der Waals surface area contributed by atoms with Crippen molar-refractivity contribution in [3.05, 3.63) is 70.6 Å². The standard InChI is InChI=1S/C22H27FN4O/c1-6-17(9-19(23)14(2)3)20-10-22(28)27-13-18(7-8-21(27)25-20)26-11-15(4)24-16(5)12-26/h6-10,13,15-16,24H,2,11-12H2,1,3-5H3/b17-6+,19-9+/t15-,16?/m0/s1. The molecule has 0 bridgehead atoms. The van der Waals surface area contributed by atoms with Gasteiger partial charge in [0.25, 0.3) is 5.56 Å². The fourth-order valence-electron chi connectivity index (χ4n) is 3.53. The lowest BCUT2D eigenvalue weighted by Gasteiger charge is -2.37. The second-order valence-electron chi connectivity index (χ2n) is 7.49. The molecule has 2 atom stereocenters.